The fourth-order valence-electron chi connectivity index (χ4n) is 4.39. The van der Waals surface area contributed by atoms with Crippen LogP contribution in [0.4, 0.5) is 5.69 Å². The number of aliphatic carboxylic acids is 2. The first kappa shape index (κ1) is 16.4. The molecule has 0 heterocycles. The van der Waals surface area contributed by atoms with Gasteiger partial charge in [-0.1, -0.05) is 25.1 Å². The zero-order valence-electron chi connectivity index (χ0n) is 13.4. The number of carbonyl (C=O) groups is 3. The summed E-state index contributed by atoms with van der Waals surface area (Å²) in [5, 5.41) is 21.7. The van der Waals surface area contributed by atoms with Crippen LogP contribution in [0.5, 0.6) is 0 Å². The highest BCUT2D eigenvalue weighted by Gasteiger charge is 2.83. The number of carbonyl (C=O) groups excluding carboxylic acids is 1. The molecule has 0 saturated heterocycles. The standard InChI is InChI=1S/C17H20N2O5/c1-8-5-3-4-6-10(8)19-13(20)9-7-17(18,15(23)24)16(2)11(9)12(16)14(21)22/h3-6,9,11-12H,7,18H2,1-2H3,(H,19,20)(H,21,22)(H,23,24)/t9-,11-,12-,16-,17-/m0/s1. The van der Waals surface area contributed by atoms with Gasteiger partial charge in [0.2, 0.25) is 5.91 Å². The number of hydrogen-bond acceptors (Lipinski definition) is 4. The number of nitrogens with two attached hydrogens (primary N) is 1. The second-order valence-corrected chi connectivity index (χ2v) is 7.02. The molecule has 0 spiro atoms. The van der Waals surface area contributed by atoms with E-state index in [1.165, 1.54) is 0 Å². The van der Waals surface area contributed by atoms with Crippen molar-refractivity contribution in [3.8, 4) is 0 Å². The van der Waals surface area contributed by atoms with Crippen molar-refractivity contribution in [3.05, 3.63) is 29.8 Å². The van der Waals surface area contributed by atoms with Crippen LogP contribution >= 0.6 is 0 Å². The maximum atomic E-state index is 12.7. The van der Waals surface area contributed by atoms with Crippen LogP contribution in [-0.2, 0) is 14.4 Å². The van der Waals surface area contributed by atoms with Gasteiger partial charge in [-0.15, -0.1) is 0 Å². The summed E-state index contributed by atoms with van der Waals surface area (Å²) in [5.74, 6) is -4.97. The van der Waals surface area contributed by atoms with Gasteiger partial charge in [0, 0.05) is 17.0 Å². The summed E-state index contributed by atoms with van der Waals surface area (Å²) in [4.78, 5) is 35.8. The molecule has 2 aliphatic carbocycles. The highest BCUT2D eigenvalue weighted by Crippen LogP contribution is 2.73. The lowest BCUT2D eigenvalue weighted by atomic mass is 9.80. The molecule has 1 amide bonds. The number of anilines is 1. The Kier molecular flexibility index (Phi) is 3.46. The summed E-state index contributed by atoms with van der Waals surface area (Å²) >= 11 is 0. The summed E-state index contributed by atoms with van der Waals surface area (Å²) in [6.07, 6.45) is -0.0645. The van der Waals surface area contributed by atoms with E-state index in [1.807, 2.05) is 19.1 Å². The maximum Gasteiger partial charge on any atom is 0.324 e. The van der Waals surface area contributed by atoms with Crippen molar-refractivity contribution >= 4 is 23.5 Å². The van der Waals surface area contributed by atoms with E-state index in [0.29, 0.717) is 5.69 Å². The van der Waals surface area contributed by atoms with Gasteiger partial charge < -0.3 is 21.3 Å². The molecule has 0 radical (unpaired) electrons. The Labute approximate surface area is 138 Å². The average molecular weight is 332 g/mol. The number of para-hydroxylation sites is 1. The van der Waals surface area contributed by atoms with Gasteiger partial charge in [-0.05, 0) is 30.9 Å². The zero-order chi connectivity index (χ0) is 17.9. The van der Waals surface area contributed by atoms with Crippen molar-refractivity contribution in [2.24, 2.45) is 28.9 Å². The van der Waals surface area contributed by atoms with Gasteiger partial charge in [0.05, 0.1) is 5.92 Å². The van der Waals surface area contributed by atoms with Crippen LogP contribution in [0.15, 0.2) is 24.3 Å². The molecule has 3 rings (SSSR count). The van der Waals surface area contributed by atoms with E-state index in [-0.39, 0.29) is 12.3 Å². The number of fused-ring (bicyclic) bond motifs is 1. The third-order valence-corrected chi connectivity index (χ3v) is 5.91. The van der Waals surface area contributed by atoms with E-state index < -0.39 is 40.6 Å². The van der Waals surface area contributed by atoms with Gasteiger partial charge in [-0.2, -0.15) is 0 Å². The molecule has 2 fully saturated rings. The lowest BCUT2D eigenvalue weighted by Gasteiger charge is -2.29. The Morgan fingerprint density at radius 1 is 1.25 bits per heavy atom. The Hall–Kier alpha value is -2.41. The van der Waals surface area contributed by atoms with Crippen LogP contribution < -0.4 is 11.1 Å². The summed E-state index contributed by atoms with van der Waals surface area (Å²) in [5.41, 5.74) is 4.73. The van der Waals surface area contributed by atoms with Crippen molar-refractivity contribution in [2.75, 3.05) is 5.32 Å². The van der Waals surface area contributed by atoms with Crippen molar-refractivity contribution in [2.45, 2.75) is 25.8 Å². The van der Waals surface area contributed by atoms with Crippen LogP contribution in [0.3, 0.4) is 0 Å². The fraction of sp³-hybridized carbons (Fsp3) is 0.471. The highest BCUT2D eigenvalue weighted by molar-refractivity contribution is 5.98. The number of carboxylic acids is 2. The predicted molar refractivity (Wildman–Crippen MR) is 85.2 cm³/mol. The van der Waals surface area contributed by atoms with Crippen molar-refractivity contribution < 1.29 is 24.6 Å². The second-order valence-electron chi connectivity index (χ2n) is 7.02. The van der Waals surface area contributed by atoms with E-state index >= 15 is 0 Å². The van der Waals surface area contributed by atoms with Gasteiger partial charge in [-0.25, -0.2) is 0 Å². The van der Waals surface area contributed by atoms with E-state index in [0.717, 1.165) is 5.56 Å². The van der Waals surface area contributed by atoms with Gasteiger partial charge in [0.15, 0.2) is 0 Å². The minimum atomic E-state index is -1.71. The molecule has 2 saturated carbocycles. The quantitative estimate of drug-likeness (QED) is 0.652. The molecule has 5 atom stereocenters. The highest BCUT2D eigenvalue weighted by atomic mass is 16.4. The molecule has 0 unspecified atom stereocenters. The molecule has 7 nitrogen and oxygen atoms in total. The molecule has 128 valence electrons. The molecule has 1 aromatic rings. The first-order chi connectivity index (χ1) is 11.1. The topological polar surface area (TPSA) is 130 Å². The third kappa shape index (κ3) is 1.97. The van der Waals surface area contributed by atoms with Crippen LogP contribution in [0.1, 0.15) is 18.9 Å². The Morgan fingerprint density at radius 2 is 1.88 bits per heavy atom. The molecule has 24 heavy (non-hydrogen) atoms. The lowest BCUT2D eigenvalue weighted by molar-refractivity contribution is -0.148. The minimum Gasteiger partial charge on any atom is -0.481 e. The number of nitrogens with one attached hydrogen (secondary N) is 1. The largest absolute Gasteiger partial charge is 0.481 e. The number of rotatable bonds is 4. The van der Waals surface area contributed by atoms with Gasteiger partial charge in [0.1, 0.15) is 5.54 Å². The number of hydrogen-bond donors (Lipinski definition) is 4. The summed E-state index contributed by atoms with van der Waals surface area (Å²) in [6.45, 7) is 3.40. The van der Waals surface area contributed by atoms with Crippen LogP contribution in [0, 0.1) is 30.1 Å². The molecule has 2 aliphatic rings. The molecular formula is C17H20N2O5. The van der Waals surface area contributed by atoms with Crippen LogP contribution in [-0.4, -0.2) is 33.6 Å². The minimum absolute atomic E-state index is 0.0645. The second kappa shape index (κ2) is 5.04. The molecule has 0 aromatic heterocycles. The van der Waals surface area contributed by atoms with Crippen molar-refractivity contribution in [1.29, 1.82) is 0 Å². The smallest absolute Gasteiger partial charge is 0.324 e. The van der Waals surface area contributed by atoms with E-state index in [2.05, 4.69) is 5.32 Å². The number of amides is 1. The molecule has 1 aromatic carbocycles. The number of carboxylic acid groups (broad SMARTS) is 2. The lowest BCUT2D eigenvalue weighted by Crippen LogP contribution is -2.55. The Morgan fingerprint density at radius 3 is 2.42 bits per heavy atom. The van der Waals surface area contributed by atoms with Crippen LogP contribution in [0.2, 0.25) is 0 Å². The first-order valence-corrected chi connectivity index (χ1v) is 7.76. The zero-order valence-corrected chi connectivity index (χ0v) is 13.4. The summed E-state index contributed by atoms with van der Waals surface area (Å²) in [7, 11) is 0. The monoisotopic (exact) mass is 332 g/mol. The summed E-state index contributed by atoms with van der Waals surface area (Å²) in [6, 6.07) is 7.21. The van der Waals surface area contributed by atoms with Crippen molar-refractivity contribution in [1.82, 2.24) is 0 Å². The maximum absolute atomic E-state index is 12.7. The van der Waals surface area contributed by atoms with Gasteiger partial charge in [-0.3, -0.25) is 14.4 Å². The Bertz CT molecular complexity index is 748. The van der Waals surface area contributed by atoms with Crippen molar-refractivity contribution in [3.63, 3.8) is 0 Å². The SMILES string of the molecule is Cc1ccccc1NC(=O)[C@H]1C[C@](N)(C(=O)O)[C@@]2(C)[C@@H]1[C@H]2C(=O)O. The normalized spacial score (nSPS) is 36.7. The number of benzene rings is 1. The summed E-state index contributed by atoms with van der Waals surface area (Å²) < 4.78 is 0. The average Bonchev–Trinajstić information content (AvgIpc) is 3.06. The Balaban J connectivity index is 1.90. The molecule has 0 bridgehead atoms. The first-order valence-electron chi connectivity index (χ1n) is 7.76. The fourth-order valence-corrected chi connectivity index (χ4v) is 4.39. The van der Waals surface area contributed by atoms with Gasteiger partial charge >= 0.3 is 11.9 Å². The van der Waals surface area contributed by atoms with Crippen LogP contribution in [0.25, 0.3) is 0 Å². The molecular weight excluding hydrogens is 312 g/mol. The van der Waals surface area contributed by atoms with E-state index in [1.54, 1.807) is 19.1 Å². The predicted octanol–water partition coefficient (Wildman–Crippen LogP) is 1.07. The molecule has 7 heteroatoms. The molecule has 5 N–H and O–H groups in total. The van der Waals surface area contributed by atoms with E-state index in [4.69, 9.17) is 5.73 Å². The number of aryl methyl sites for hydroxylation is 1. The van der Waals surface area contributed by atoms with Gasteiger partial charge in [0.25, 0.3) is 0 Å². The molecule has 0 aliphatic heterocycles. The third-order valence-electron chi connectivity index (χ3n) is 5.91. The van der Waals surface area contributed by atoms with E-state index in [9.17, 15) is 24.6 Å².